The maximum Gasteiger partial charge on any atom is 0.326 e. The van der Waals surface area contributed by atoms with Crippen LogP contribution in [0.2, 0.25) is 0 Å². The Kier molecular flexibility index (Phi) is 5.76. The lowest BCUT2D eigenvalue weighted by Crippen LogP contribution is -2.56. The van der Waals surface area contributed by atoms with Gasteiger partial charge in [-0.3, -0.25) is 14.4 Å². The van der Waals surface area contributed by atoms with Crippen molar-refractivity contribution in [1.82, 2.24) is 20.0 Å². The Morgan fingerprint density at radius 1 is 0.655 bits per heavy atom. The molecule has 2 N–H and O–H groups in total. The van der Waals surface area contributed by atoms with Crippen LogP contribution >= 0.6 is 0 Å². The molecule has 4 aliphatic heterocycles. The lowest BCUT2D eigenvalue weighted by molar-refractivity contribution is -0.153. The molecule has 9 nitrogen and oxygen atoms in total. The Morgan fingerprint density at radius 3 is 1.62 bits per heavy atom. The number of carbonyl (C=O) groups is 4. The third kappa shape index (κ3) is 3.72. The number of aliphatic carboxylic acids is 1. The lowest BCUT2D eigenvalue weighted by atomic mass is 10.1. The van der Waals surface area contributed by atoms with Gasteiger partial charge in [-0.1, -0.05) is 0 Å². The number of hydrogen-bond donors (Lipinski definition) is 2. The summed E-state index contributed by atoms with van der Waals surface area (Å²) < 4.78 is 0. The third-order valence-electron chi connectivity index (χ3n) is 6.82. The fourth-order valence-electron chi connectivity index (χ4n) is 5.34. The van der Waals surface area contributed by atoms with Crippen molar-refractivity contribution in [3.8, 4) is 0 Å². The van der Waals surface area contributed by atoms with E-state index in [1.54, 1.807) is 9.80 Å². The van der Waals surface area contributed by atoms with Gasteiger partial charge >= 0.3 is 5.97 Å². The SMILES string of the molecule is O=C(O)C1CCCN1C(=O)C1CCCN1C(=O)C1CCCN1C(=O)C1CCCN1. The summed E-state index contributed by atoms with van der Waals surface area (Å²) in [5, 5.41) is 12.6. The number of hydrogen-bond acceptors (Lipinski definition) is 5. The zero-order valence-corrected chi connectivity index (χ0v) is 16.7. The van der Waals surface area contributed by atoms with Crippen molar-refractivity contribution in [2.24, 2.45) is 0 Å². The molecular weight excluding hydrogens is 376 g/mol. The first kappa shape index (κ1) is 20.1. The van der Waals surface area contributed by atoms with E-state index >= 15 is 0 Å². The Bertz CT molecular complexity index is 692. The van der Waals surface area contributed by atoms with Crippen LogP contribution in [0.1, 0.15) is 51.4 Å². The Balaban J connectivity index is 1.46. The molecule has 29 heavy (non-hydrogen) atoms. The molecule has 160 valence electrons. The van der Waals surface area contributed by atoms with Gasteiger partial charge in [0.25, 0.3) is 0 Å². The predicted octanol–water partition coefficient (Wildman–Crippen LogP) is -0.204. The van der Waals surface area contributed by atoms with Crippen LogP contribution in [0.3, 0.4) is 0 Å². The van der Waals surface area contributed by atoms with Gasteiger partial charge in [-0.25, -0.2) is 4.79 Å². The van der Waals surface area contributed by atoms with Gasteiger partial charge < -0.3 is 25.1 Å². The molecule has 4 aliphatic rings. The fourth-order valence-corrected chi connectivity index (χ4v) is 5.34. The standard InChI is InChI=1S/C20H30N4O5/c25-17(13-5-1-9-21-13)22-10-2-6-14(22)18(26)23-11-3-7-15(23)19(27)24-12-4-8-16(24)20(28)29/h13-16,21H,1-12H2,(H,28,29). The van der Waals surface area contributed by atoms with Crippen molar-refractivity contribution < 1.29 is 24.3 Å². The summed E-state index contributed by atoms with van der Waals surface area (Å²) in [6.45, 7) is 2.32. The zero-order chi connectivity index (χ0) is 20.5. The minimum atomic E-state index is -0.983. The molecule has 3 amide bonds. The number of amides is 3. The topological polar surface area (TPSA) is 110 Å². The van der Waals surface area contributed by atoms with E-state index in [2.05, 4.69) is 5.32 Å². The molecular formula is C20H30N4O5. The highest BCUT2D eigenvalue weighted by atomic mass is 16.4. The van der Waals surface area contributed by atoms with Crippen molar-refractivity contribution in [2.45, 2.75) is 75.5 Å². The number of likely N-dealkylation sites (tertiary alicyclic amines) is 3. The van der Waals surface area contributed by atoms with Crippen molar-refractivity contribution in [3.05, 3.63) is 0 Å². The smallest absolute Gasteiger partial charge is 0.326 e. The van der Waals surface area contributed by atoms with E-state index in [4.69, 9.17) is 0 Å². The van der Waals surface area contributed by atoms with Gasteiger partial charge in [0.15, 0.2) is 0 Å². The van der Waals surface area contributed by atoms with Crippen LogP contribution in [0.15, 0.2) is 0 Å². The first-order valence-corrected chi connectivity index (χ1v) is 10.9. The number of rotatable bonds is 4. The second kappa shape index (κ2) is 8.30. The summed E-state index contributed by atoms with van der Waals surface area (Å²) in [7, 11) is 0. The minimum absolute atomic E-state index is 0.00842. The van der Waals surface area contributed by atoms with Crippen molar-refractivity contribution >= 4 is 23.7 Å². The molecule has 0 aromatic carbocycles. The first-order valence-electron chi connectivity index (χ1n) is 10.9. The van der Waals surface area contributed by atoms with E-state index in [-0.39, 0.29) is 23.8 Å². The highest BCUT2D eigenvalue weighted by molar-refractivity contribution is 5.95. The number of carboxylic acid groups (broad SMARTS) is 1. The third-order valence-corrected chi connectivity index (χ3v) is 6.82. The van der Waals surface area contributed by atoms with Crippen LogP contribution < -0.4 is 5.32 Å². The van der Waals surface area contributed by atoms with E-state index in [1.807, 2.05) is 0 Å². The zero-order valence-electron chi connectivity index (χ0n) is 16.7. The molecule has 4 atom stereocenters. The number of carboxylic acids is 1. The van der Waals surface area contributed by atoms with Crippen LogP contribution in [0, 0.1) is 0 Å². The number of nitrogens with one attached hydrogen (secondary N) is 1. The van der Waals surface area contributed by atoms with Crippen molar-refractivity contribution in [3.63, 3.8) is 0 Å². The molecule has 0 radical (unpaired) electrons. The summed E-state index contributed by atoms with van der Waals surface area (Å²) in [5.41, 5.74) is 0. The molecule has 9 heteroatoms. The minimum Gasteiger partial charge on any atom is -0.480 e. The maximum absolute atomic E-state index is 13.3. The van der Waals surface area contributed by atoms with E-state index in [0.29, 0.717) is 45.3 Å². The van der Waals surface area contributed by atoms with Gasteiger partial charge in [-0.2, -0.15) is 0 Å². The Hall–Kier alpha value is -2.16. The van der Waals surface area contributed by atoms with Crippen LogP contribution in [-0.2, 0) is 19.2 Å². The summed E-state index contributed by atoms with van der Waals surface area (Å²) in [6.07, 6.45) is 5.57. The van der Waals surface area contributed by atoms with Crippen LogP contribution in [-0.4, -0.2) is 93.8 Å². The van der Waals surface area contributed by atoms with Gasteiger partial charge in [-0.05, 0) is 57.9 Å². The Labute approximate surface area is 170 Å². The summed E-state index contributed by atoms with van der Waals surface area (Å²) in [6, 6.07) is -2.12. The molecule has 4 rings (SSSR count). The second-order valence-electron chi connectivity index (χ2n) is 8.56. The highest BCUT2D eigenvalue weighted by Crippen LogP contribution is 2.29. The lowest BCUT2D eigenvalue weighted by Gasteiger charge is -2.34. The van der Waals surface area contributed by atoms with Crippen molar-refractivity contribution in [2.75, 3.05) is 26.2 Å². The van der Waals surface area contributed by atoms with E-state index in [0.717, 1.165) is 32.2 Å². The van der Waals surface area contributed by atoms with Crippen LogP contribution in [0.5, 0.6) is 0 Å². The summed E-state index contributed by atoms with van der Waals surface area (Å²) >= 11 is 0. The van der Waals surface area contributed by atoms with E-state index in [1.165, 1.54) is 4.90 Å². The van der Waals surface area contributed by atoms with E-state index in [9.17, 15) is 24.3 Å². The van der Waals surface area contributed by atoms with Gasteiger partial charge in [0.1, 0.15) is 18.1 Å². The molecule has 4 heterocycles. The quantitative estimate of drug-likeness (QED) is 0.669. The Morgan fingerprint density at radius 2 is 1.14 bits per heavy atom. The van der Waals surface area contributed by atoms with Crippen LogP contribution in [0.4, 0.5) is 0 Å². The largest absolute Gasteiger partial charge is 0.480 e. The van der Waals surface area contributed by atoms with Gasteiger partial charge in [0.05, 0.1) is 6.04 Å². The first-order chi connectivity index (χ1) is 14.0. The molecule has 0 aromatic heterocycles. The molecule has 0 aliphatic carbocycles. The predicted molar refractivity (Wildman–Crippen MR) is 103 cm³/mol. The molecule has 0 spiro atoms. The second-order valence-corrected chi connectivity index (χ2v) is 8.56. The van der Waals surface area contributed by atoms with Crippen molar-refractivity contribution in [1.29, 1.82) is 0 Å². The number of carbonyl (C=O) groups excluding carboxylic acids is 3. The molecule has 4 saturated heterocycles. The van der Waals surface area contributed by atoms with Gasteiger partial charge in [-0.15, -0.1) is 0 Å². The van der Waals surface area contributed by atoms with Crippen LogP contribution in [0.25, 0.3) is 0 Å². The molecule has 4 fully saturated rings. The highest BCUT2D eigenvalue weighted by Gasteiger charge is 2.46. The average molecular weight is 406 g/mol. The monoisotopic (exact) mass is 406 g/mol. The molecule has 0 aromatic rings. The fraction of sp³-hybridized carbons (Fsp3) is 0.800. The number of nitrogens with zero attached hydrogens (tertiary/aromatic N) is 3. The molecule has 0 saturated carbocycles. The van der Waals surface area contributed by atoms with E-state index < -0.39 is 24.1 Å². The summed E-state index contributed by atoms with van der Waals surface area (Å²) in [4.78, 5) is 55.5. The van der Waals surface area contributed by atoms with Gasteiger partial charge in [0.2, 0.25) is 17.7 Å². The van der Waals surface area contributed by atoms with Gasteiger partial charge in [0, 0.05) is 19.6 Å². The molecule has 4 unspecified atom stereocenters. The molecule has 0 bridgehead atoms. The maximum atomic E-state index is 13.3. The normalized spacial score (nSPS) is 32.2. The summed E-state index contributed by atoms with van der Waals surface area (Å²) in [5.74, 6) is -1.40. The average Bonchev–Trinajstić information content (AvgIpc) is 3.50.